The Morgan fingerprint density at radius 2 is 1.92 bits per heavy atom. The highest BCUT2D eigenvalue weighted by molar-refractivity contribution is 6.11. The molecule has 4 rings (SSSR count). The van der Waals surface area contributed by atoms with Crippen molar-refractivity contribution in [1.29, 1.82) is 0 Å². The second-order valence-corrected chi connectivity index (χ2v) is 6.41. The number of para-hydroxylation sites is 1. The maximum Gasteiger partial charge on any atom is 0.165 e. The molecule has 1 aliphatic heterocycles. The van der Waals surface area contributed by atoms with Crippen molar-refractivity contribution in [3.05, 3.63) is 30.6 Å². The van der Waals surface area contributed by atoms with Gasteiger partial charge in [-0.3, -0.25) is 4.57 Å². The molecule has 0 aliphatic carbocycles. The van der Waals surface area contributed by atoms with E-state index in [0.717, 1.165) is 22.1 Å². The van der Waals surface area contributed by atoms with Gasteiger partial charge in [-0.05, 0) is 6.07 Å². The first-order chi connectivity index (χ1) is 12.0. The van der Waals surface area contributed by atoms with Crippen LogP contribution in [-0.2, 0) is 4.74 Å². The summed E-state index contributed by atoms with van der Waals surface area (Å²) in [6.45, 7) is -0.371. The van der Waals surface area contributed by atoms with Gasteiger partial charge in [-0.2, -0.15) is 0 Å². The molecule has 0 spiro atoms. The largest absolute Gasteiger partial charge is 0.394 e. The Kier molecular flexibility index (Phi) is 3.84. The standard InChI is InChI=1S/C17H20N4O4/c1-20(2)15-12-9-5-3-4-6-10(9)21(16(12)19-8-18-15)17-14(24)13(23)11(7-22)25-17/h3-6,8,11,13-14,17,22-24H,7H2,1-2H3/t11-,13-,14-,17-/m1/s1. The van der Waals surface area contributed by atoms with Gasteiger partial charge in [0.25, 0.3) is 0 Å². The number of ether oxygens (including phenoxy) is 1. The summed E-state index contributed by atoms with van der Waals surface area (Å²) in [4.78, 5) is 10.7. The molecule has 4 atom stereocenters. The van der Waals surface area contributed by atoms with Gasteiger partial charge in [-0.1, -0.05) is 18.2 Å². The van der Waals surface area contributed by atoms with Crippen LogP contribution in [0.4, 0.5) is 5.82 Å². The molecule has 3 N–H and O–H groups in total. The van der Waals surface area contributed by atoms with Crippen molar-refractivity contribution >= 4 is 27.8 Å². The number of rotatable bonds is 3. The number of aliphatic hydroxyl groups is 3. The Balaban J connectivity index is 2.02. The van der Waals surface area contributed by atoms with Crippen molar-refractivity contribution in [2.45, 2.75) is 24.5 Å². The van der Waals surface area contributed by atoms with Crippen molar-refractivity contribution in [2.75, 3.05) is 25.6 Å². The Labute approximate surface area is 143 Å². The zero-order valence-corrected chi connectivity index (χ0v) is 13.9. The lowest BCUT2D eigenvalue weighted by Crippen LogP contribution is -2.33. The molecule has 132 valence electrons. The molecule has 3 aromatic rings. The Hall–Kier alpha value is -2.26. The van der Waals surface area contributed by atoms with E-state index in [0.29, 0.717) is 5.65 Å². The minimum atomic E-state index is -1.17. The van der Waals surface area contributed by atoms with Gasteiger partial charge in [0.05, 0.1) is 17.5 Å². The summed E-state index contributed by atoms with van der Waals surface area (Å²) in [5, 5.41) is 31.7. The minimum Gasteiger partial charge on any atom is -0.394 e. The second-order valence-electron chi connectivity index (χ2n) is 6.41. The summed E-state index contributed by atoms with van der Waals surface area (Å²) in [6.07, 6.45) is -2.56. The number of anilines is 1. The third-order valence-corrected chi connectivity index (χ3v) is 4.66. The van der Waals surface area contributed by atoms with Gasteiger partial charge in [-0.25, -0.2) is 9.97 Å². The molecule has 8 nitrogen and oxygen atoms in total. The van der Waals surface area contributed by atoms with E-state index in [1.54, 1.807) is 4.57 Å². The number of hydrogen-bond acceptors (Lipinski definition) is 7. The third-order valence-electron chi connectivity index (χ3n) is 4.66. The van der Waals surface area contributed by atoms with E-state index < -0.39 is 24.5 Å². The molecule has 1 aromatic carbocycles. The molecule has 0 bridgehead atoms. The fraction of sp³-hybridized carbons (Fsp3) is 0.412. The molecule has 0 amide bonds. The average molecular weight is 344 g/mol. The summed E-state index contributed by atoms with van der Waals surface area (Å²) >= 11 is 0. The second kappa shape index (κ2) is 5.92. The molecule has 0 saturated carbocycles. The van der Waals surface area contributed by atoms with Crippen molar-refractivity contribution in [1.82, 2.24) is 14.5 Å². The summed E-state index contributed by atoms with van der Waals surface area (Å²) in [6, 6.07) is 7.69. The highest BCUT2D eigenvalue weighted by atomic mass is 16.6. The van der Waals surface area contributed by atoms with Crippen LogP contribution < -0.4 is 4.90 Å². The predicted molar refractivity (Wildman–Crippen MR) is 92.4 cm³/mol. The first-order valence-electron chi connectivity index (χ1n) is 8.08. The Bertz CT molecular complexity index is 926. The SMILES string of the molecule is CN(C)c1ncnc2c1c1ccccc1n2[C@@H]1O[C@H](CO)[C@@H](O)[C@H]1O. The number of hydrogen-bond donors (Lipinski definition) is 3. The van der Waals surface area contributed by atoms with Crippen LogP contribution in [0.1, 0.15) is 6.23 Å². The van der Waals surface area contributed by atoms with E-state index in [2.05, 4.69) is 9.97 Å². The molecular weight excluding hydrogens is 324 g/mol. The fourth-order valence-electron chi connectivity index (χ4n) is 3.49. The molecule has 25 heavy (non-hydrogen) atoms. The number of nitrogens with zero attached hydrogens (tertiary/aromatic N) is 4. The maximum absolute atomic E-state index is 10.5. The van der Waals surface area contributed by atoms with Crippen LogP contribution in [-0.4, -0.2) is 68.9 Å². The molecule has 0 unspecified atom stereocenters. The highest BCUT2D eigenvalue weighted by Gasteiger charge is 2.44. The third kappa shape index (κ3) is 2.30. The molecule has 2 aromatic heterocycles. The van der Waals surface area contributed by atoms with Gasteiger partial charge in [-0.15, -0.1) is 0 Å². The number of fused-ring (bicyclic) bond motifs is 3. The smallest absolute Gasteiger partial charge is 0.165 e. The van der Waals surface area contributed by atoms with Crippen molar-refractivity contribution in [3.8, 4) is 0 Å². The summed E-state index contributed by atoms with van der Waals surface area (Å²) in [7, 11) is 3.81. The van der Waals surface area contributed by atoms with Crippen LogP contribution in [0.25, 0.3) is 21.9 Å². The van der Waals surface area contributed by atoms with Crippen LogP contribution >= 0.6 is 0 Å². The minimum absolute atomic E-state index is 0.371. The van der Waals surface area contributed by atoms with Crippen LogP contribution in [0.3, 0.4) is 0 Å². The number of aromatic nitrogens is 3. The molecule has 8 heteroatoms. The molecule has 1 fully saturated rings. The quantitative estimate of drug-likeness (QED) is 0.626. The molecule has 1 saturated heterocycles. The topological polar surface area (TPSA) is 104 Å². The summed E-state index contributed by atoms with van der Waals surface area (Å²) in [5.41, 5.74) is 1.42. The number of benzene rings is 1. The lowest BCUT2D eigenvalue weighted by Gasteiger charge is -2.19. The van der Waals surface area contributed by atoms with Gasteiger partial charge in [0.15, 0.2) is 6.23 Å². The maximum atomic E-state index is 10.5. The molecule has 0 radical (unpaired) electrons. The van der Waals surface area contributed by atoms with Crippen LogP contribution in [0.5, 0.6) is 0 Å². The normalized spacial score (nSPS) is 26.6. The van der Waals surface area contributed by atoms with Crippen LogP contribution in [0, 0.1) is 0 Å². The van der Waals surface area contributed by atoms with Gasteiger partial charge < -0.3 is 25.0 Å². The zero-order valence-electron chi connectivity index (χ0n) is 13.9. The first-order valence-corrected chi connectivity index (χ1v) is 8.08. The molecular formula is C17H20N4O4. The zero-order chi connectivity index (χ0) is 17.7. The van der Waals surface area contributed by atoms with Gasteiger partial charge in [0.2, 0.25) is 0 Å². The van der Waals surface area contributed by atoms with Crippen molar-refractivity contribution in [3.63, 3.8) is 0 Å². The highest BCUT2D eigenvalue weighted by Crippen LogP contribution is 2.39. The van der Waals surface area contributed by atoms with Crippen molar-refractivity contribution in [2.24, 2.45) is 0 Å². The van der Waals surface area contributed by atoms with E-state index in [9.17, 15) is 15.3 Å². The average Bonchev–Trinajstić information content (AvgIpc) is 3.10. The van der Waals surface area contributed by atoms with Gasteiger partial charge in [0, 0.05) is 19.5 Å². The molecule has 3 heterocycles. The Morgan fingerprint density at radius 1 is 1.16 bits per heavy atom. The van der Waals surface area contributed by atoms with Gasteiger partial charge in [0.1, 0.15) is 36.1 Å². The van der Waals surface area contributed by atoms with Crippen LogP contribution in [0.15, 0.2) is 30.6 Å². The van der Waals surface area contributed by atoms with Crippen LogP contribution in [0.2, 0.25) is 0 Å². The van der Waals surface area contributed by atoms with E-state index in [-0.39, 0.29) is 6.61 Å². The lowest BCUT2D eigenvalue weighted by atomic mass is 10.1. The van der Waals surface area contributed by atoms with E-state index in [1.807, 2.05) is 43.3 Å². The lowest BCUT2D eigenvalue weighted by molar-refractivity contribution is -0.0489. The monoisotopic (exact) mass is 344 g/mol. The fourth-order valence-corrected chi connectivity index (χ4v) is 3.49. The van der Waals surface area contributed by atoms with Gasteiger partial charge >= 0.3 is 0 Å². The van der Waals surface area contributed by atoms with E-state index in [1.165, 1.54) is 6.33 Å². The molecule has 1 aliphatic rings. The van der Waals surface area contributed by atoms with E-state index >= 15 is 0 Å². The summed E-state index contributed by atoms with van der Waals surface area (Å²) < 4.78 is 7.50. The predicted octanol–water partition coefficient (Wildman–Crippen LogP) is 0.262. The Morgan fingerprint density at radius 3 is 2.60 bits per heavy atom. The summed E-state index contributed by atoms with van der Waals surface area (Å²) in [5.74, 6) is 0.756. The number of aliphatic hydroxyl groups excluding tert-OH is 3. The van der Waals surface area contributed by atoms with Crippen molar-refractivity contribution < 1.29 is 20.1 Å². The van der Waals surface area contributed by atoms with E-state index in [4.69, 9.17) is 4.74 Å². The first kappa shape index (κ1) is 16.2.